The lowest BCUT2D eigenvalue weighted by Crippen LogP contribution is -2.35. The maximum Gasteiger partial charge on any atom is 0.226 e. The van der Waals surface area contributed by atoms with Crippen molar-refractivity contribution >= 4 is 15.7 Å². The number of β-amino-alcohol motifs (C(OH)–C–C–N with tert-alkyl or cyclic N) is 2. The second kappa shape index (κ2) is 3.97. The molecule has 2 N–H and O–H groups in total. The molecule has 0 bridgehead atoms. The fraction of sp³-hybridized carbons (Fsp3) is 0.889. The van der Waals surface area contributed by atoms with Gasteiger partial charge in [-0.2, -0.15) is 0 Å². The summed E-state index contributed by atoms with van der Waals surface area (Å²) >= 11 is 0. The van der Waals surface area contributed by atoms with Gasteiger partial charge in [-0.3, -0.25) is 4.79 Å². The Hall–Kier alpha value is -0.660. The molecular formula is C9H15NO5S. The first-order valence-corrected chi connectivity index (χ1v) is 7.06. The zero-order valence-corrected chi connectivity index (χ0v) is 9.56. The number of hydrogen-bond acceptors (Lipinski definition) is 5. The van der Waals surface area contributed by atoms with Gasteiger partial charge in [0.2, 0.25) is 5.91 Å². The summed E-state index contributed by atoms with van der Waals surface area (Å²) < 4.78 is 22.4. The minimum atomic E-state index is -3.07. The highest BCUT2D eigenvalue weighted by atomic mass is 32.2. The minimum Gasteiger partial charge on any atom is -0.388 e. The predicted molar refractivity (Wildman–Crippen MR) is 55.4 cm³/mol. The molecule has 0 saturated carbocycles. The minimum absolute atomic E-state index is 0.0579. The van der Waals surface area contributed by atoms with Crippen LogP contribution in [0.15, 0.2) is 0 Å². The van der Waals surface area contributed by atoms with Gasteiger partial charge < -0.3 is 15.1 Å². The summed E-state index contributed by atoms with van der Waals surface area (Å²) in [5.41, 5.74) is 0. The molecule has 2 aliphatic heterocycles. The SMILES string of the molecule is O=C(C1CCS(=O)(=O)C1)N1CC(O)C(O)C1. The molecule has 2 saturated heterocycles. The Morgan fingerprint density at radius 1 is 1.19 bits per heavy atom. The Labute approximate surface area is 93.8 Å². The molecule has 2 fully saturated rings. The zero-order chi connectivity index (χ0) is 11.9. The number of likely N-dealkylation sites (tertiary alicyclic amines) is 1. The van der Waals surface area contributed by atoms with Crippen LogP contribution in [0.3, 0.4) is 0 Å². The van der Waals surface area contributed by atoms with Crippen LogP contribution >= 0.6 is 0 Å². The van der Waals surface area contributed by atoms with Crippen molar-refractivity contribution in [2.24, 2.45) is 5.92 Å². The average Bonchev–Trinajstić information content (AvgIpc) is 2.70. The van der Waals surface area contributed by atoms with Crippen LogP contribution < -0.4 is 0 Å². The van der Waals surface area contributed by atoms with E-state index in [1.54, 1.807) is 0 Å². The van der Waals surface area contributed by atoms with Gasteiger partial charge in [0.05, 0.1) is 29.6 Å². The number of nitrogens with zero attached hydrogens (tertiary/aromatic N) is 1. The molecule has 2 heterocycles. The van der Waals surface area contributed by atoms with E-state index in [-0.39, 0.29) is 30.5 Å². The maximum absolute atomic E-state index is 11.9. The van der Waals surface area contributed by atoms with Gasteiger partial charge in [-0.1, -0.05) is 0 Å². The molecule has 1 amide bonds. The second-order valence-corrected chi connectivity index (χ2v) is 6.71. The number of sulfone groups is 1. The number of aliphatic hydroxyl groups is 2. The summed E-state index contributed by atoms with van der Waals surface area (Å²) in [4.78, 5) is 13.2. The largest absolute Gasteiger partial charge is 0.388 e. The van der Waals surface area contributed by atoms with Crippen molar-refractivity contribution in [1.29, 1.82) is 0 Å². The third-order valence-electron chi connectivity index (χ3n) is 3.15. The van der Waals surface area contributed by atoms with E-state index >= 15 is 0 Å². The number of carbonyl (C=O) groups excluding carboxylic acids is 1. The molecule has 2 rings (SSSR count). The van der Waals surface area contributed by atoms with Gasteiger partial charge in [-0.05, 0) is 6.42 Å². The van der Waals surface area contributed by atoms with Crippen LogP contribution in [0.5, 0.6) is 0 Å². The maximum atomic E-state index is 11.9. The molecule has 92 valence electrons. The standard InChI is InChI=1S/C9H15NO5S/c11-7-3-10(4-8(7)12)9(13)6-1-2-16(14,15)5-6/h6-8,11-12H,1-5H2. The summed E-state index contributed by atoms with van der Waals surface area (Å²) in [6.07, 6.45) is -1.48. The topological polar surface area (TPSA) is 94.9 Å². The number of amides is 1. The van der Waals surface area contributed by atoms with Crippen LogP contribution in [-0.2, 0) is 14.6 Å². The van der Waals surface area contributed by atoms with Crippen molar-refractivity contribution in [3.05, 3.63) is 0 Å². The average molecular weight is 249 g/mol. The second-order valence-electron chi connectivity index (χ2n) is 4.48. The van der Waals surface area contributed by atoms with E-state index < -0.39 is 28.0 Å². The molecule has 0 aromatic heterocycles. The lowest BCUT2D eigenvalue weighted by Gasteiger charge is -2.18. The van der Waals surface area contributed by atoms with Crippen LogP contribution in [0.1, 0.15) is 6.42 Å². The number of hydrogen-bond donors (Lipinski definition) is 2. The molecule has 3 unspecified atom stereocenters. The van der Waals surface area contributed by atoms with Crippen LogP contribution in [0, 0.1) is 5.92 Å². The third-order valence-corrected chi connectivity index (χ3v) is 4.92. The molecule has 7 heteroatoms. The van der Waals surface area contributed by atoms with E-state index in [9.17, 15) is 23.4 Å². The molecule has 0 spiro atoms. The third kappa shape index (κ3) is 2.21. The fourth-order valence-electron chi connectivity index (χ4n) is 2.20. The quantitative estimate of drug-likeness (QED) is 0.559. The van der Waals surface area contributed by atoms with Crippen molar-refractivity contribution in [3.63, 3.8) is 0 Å². The van der Waals surface area contributed by atoms with Crippen molar-refractivity contribution in [1.82, 2.24) is 4.90 Å². The molecule has 3 atom stereocenters. The van der Waals surface area contributed by atoms with Crippen LogP contribution in [0.2, 0.25) is 0 Å². The van der Waals surface area contributed by atoms with Gasteiger partial charge >= 0.3 is 0 Å². The number of aliphatic hydroxyl groups excluding tert-OH is 2. The van der Waals surface area contributed by atoms with E-state index in [0.29, 0.717) is 6.42 Å². The smallest absolute Gasteiger partial charge is 0.226 e. The number of rotatable bonds is 1. The van der Waals surface area contributed by atoms with Gasteiger partial charge in [0.15, 0.2) is 9.84 Å². The van der Waals surface area contributed by atoms with E-state index in [0.717, 1.165) is 0 Å². The van der Waals surface area contributed by atoms with E-state index in [1.807, 2.05) is 0 Å². The summed E-state index contributed by atoms with van der Waals surface area (Å²) in [7, 11) is -3.07. The van der Waals surface area contributed by atoms with Gasteiger partial charge in [0.25, 0.3) is 0 Å². The normalized spacial score (nSPS) is 37.9. The van der Waals surface area contributed by atoms with Gasteiger partial charge in [0, 0.05) is 13.1 Å². The van der Waals surface area contributed by atoms with E-state index in [1.165, 1.54) is 4.90 Å². The fourth-order valence-corrected chi connectivity index (χ4v) is 3.93. The van der Waals surface area contributed by atoms with Crippen molar-refractivity contribution in [2.45, 2.75) is 18.6 Å². The van der Waals surface area contributed by atoms with E-state index in [4.69, 9.17) is 0 Å². The molecule has 0 aromatic rings. The van der Waals surface area contributed by atoms with Gasteiger partial charge in [-0.25, -0.2) is 8.42 Å². The Kier molecular flexibility index (Phi) is 2.93. The highest BCUT2D eigenvalue weighted by molar-refractivity contribution is 7.91. The Morgan fingerprint density at radius 2 is 1.75 bits per heavy atom. The Bertz CT molecular complexity index is 383. The molecule has 2 aliphatic rings. The summed E-state index contributed by atoms with van der Waals surface area (Å²) in [5, 5.41) is 18.6. The molecular weight excluding hydrogens is 234 g/mol. The zero-order valence-electron chi connectivity index (χ0n) is 8.74. The summed E-state index contributed by atoms with van der Waals surface area (Å²) in [6.45, 7) is 0.188. The first kappa shape index (κ1) is 11.8. The van der Waals surface area contributed by atoms with E-state index in [2.05, 4.69) is 0 Å². The predicted octanol–water partition coefficient (Wildman–Crippen LogP) is -2.01. The van der Waals surface area contributed by atoms with Gasteiger partial charge in [0.1, 0.15) is 0 Å². The first-order valence-electron chi connectivity index (χ1n) is 5.24. The van der Waals surface area contributed by atoms with Crippen LogP contribution in [-0.4, -0.2) is 66.2 Å². The summed E-state index contributed by atoms with van der Waals surface area (Å²) in [6, 6.07) is 0. The van der Waals surface area contributed by atoms with Crippen molar-refractivity contribution < 1.29 is 23.4 Å². The highest BCUT2D eigenvalue weighted by Crippen LogP contribution is 2.23. The summed E-state index contributed by atoms with van der Waals surface area (Å²) in [5.74, 6) is -0.809. The number of carbonyl (C=O) groups is 1. The lowest BCUT2D eigenvalue weighted by molar-refractivity contribution is -0.134. The molecule has 0 radical (unpaired) electrons. The molecule has 0 aromatic carbocycles. The monoisotopic (exact) mass is 249 g/mol. The van der Waals surface area contributed by atoms with Crippen molar-refractivity contribution in [2.75, 3.05) is 24.6 Å². The highest BCUT2D eigenvalue weighted by Gasteiger charge is 2.39. The van der Waals surface area contributed by atoms with Gasteiger partial charge in [-0.15, -0.1) is 0 Å². The van der Waals surface area contributed by atoms with Crippen molar-refractivity contribution in [3.8, 4) is 0 Å². The lowest BCUT2D eigenvalue weighted by atomic mass is 10.1. The Morgan fingerprint density at radius 3 is 2.19 bits per heavy atom. The van der Waals surface area contributed by atoms with Crippen LogP contribution in [0.4, 0.5) is 0 Å². The molecule has 6 nitrogen and oxygen atoms in total. The first-order chi connectivity index (χ1) is 7.39. The Balaban J connectivity index is 1.99. The molecule has 0 aliphatic carbocycles. The molecule has 16 heavy (non-hydrogen) atoms. The van der Waals surface area contributed by atoms with Crippen LogP contribution in [0.25, 0.3) is 0 Å².